The zero-order valence-corrected chi connectivity index (χ0v) is 11.4. The molecule has 0 fully saturated rings. The Balaban J connectivity index is 0. The third kappa shape index (κ3) is 36.7. The molecule has 0 spiro atoms. The molecule has 0 saturated carbocycles. The van der Waals surface area contributed by atoms with Crippen molar-refractivity contribution in [3.8, 4) is 0 Å². The third-order valence-corrected chi connectivity index (χ3v) is 4.10. The van der Waals surface area contributed by atoms with Gasteiger partial charge in [0, 0.05) is 0 Å². The summed E-state index contributed by atoms with van der Waals surface area (Å²) in [5.74, 6) is 4.27. The SMILES string of the molecule is CCCC[S+](CC)CC.F[P-](F)(F)(F)(F)F. The minimum absolute atomic E-state index is 0.762. The first-order chi connectivity index (χ1) is 6.80. The van der Waals surface area contributed by atoms with Gasteiger partial charge in [-0.05, 0) is 31.2 Å². The summed E-state index contributed by atoms with van der Waals surface area (Å²) < 4.78 is 59.2. The van der Waals surface area contributed by atoms with Gasteiger partial charge in [0.15, 0.2) is 0 Å². The Morgan fingerprint density at radius 3 is 1.31 bits per heavy atom. The first kappa shape index (κ1) is 18.7. The van der Waals surface area contributed by atoms with Gasteiger partial charge in [-0.2, -0.15) is 0 Å². The number of unbranched alkanes of at least 4 members (excludes halogenated alkanes) is 1. The van der Waals surface area contributed by atoms with E-state index in [0.29, 0.717) is 0 Å². The van der Waals surface area contributed by atoms with E-state index >= 15 is 0 Å². The maximum absolute atomic E-state index is 10.7. The van der Waals surface area contributed by atoms with Gasteiger partial charge in [0.25, 0.3) is 0 Å². The Morgan fingerprint density at radius 2 is 1.12 bits per heavy atom. The molecule has 0 aliphatic rings. The van der Waals surface area contributed by atoms with Gasteiger partial charge in [-0.15, -0.1) is 0 Å². The van der Waals surface area contributed by atoms with Crippen molar-refractivity contribution in [3.05, 3.63) is 0 Å². The van der Waals surface area contributed by atoms with Gasteiger partial charge < -0.3 is 0 Å². The molecule has 0 radical (unpaired) electrons. The molecule has 0 rings (SSSR count). The van der Waals surface area contributed by atoms with Crippen LogP contribution in [-0.2, 0) is 10.9 Å². The van der Waals surface area contributed by atoms with E-state index in [2.05, 4.69) is 20.8 Å². The quantitative estimate of drug-likeness (QED) is 0.340. The topological polar surface area (TPSA) is 0 Å². The van der Waals surface area contributed by atoms with Gasteiger partial charge in [-0.25, -0.2) is 0 Å². The van der Waals surface area contributed by atoms with E-state index < -0.39 is 7.81 Å². The molecule has 0 amide bonds. The van der Waals surface area contributed by atoms with E-state index in [1.807, 2.05) is 0 Å². The molecule has 16 heavy (non-hydrogen) atoms. The molecule has 0 aromatic carbocycles. The second kappa shape index (κ2) is 5.80. The molecule has 8 heteroatoms. The van der Waals surface area contributed by atoms with Gasteiger partial charge in [-0.1, -0.05) is 13.3 Å². The maximum atomic E-state index is 9.87. The fraction of sp³-hybridized carbons (Fsp3) is 1.00. The predicted molar refractivity (Wildman–Crippen MR) is 61.8 cm³/mol. The minimum atomic E-state index is -10.7. The Kier molecular flexibility index (Phi) is 6.79. The van der Waals surface area contributed by atoms with Crippen LogP contribution in [0, 0.1) is 0 Å². The zero-order valence-electron chi connectivity index (χ0n) is 9.66. The summed E-state index contributed by atoms with van der Waals surface area (Å²) in [5, 5.41) is 0. The molecule has 0 unspecified atom stereocenters. The van der Waals surface area contributed by atoms with Crippen molar-refractivity contribution >= 4 is 18.7 Å². The molecule has 0 aromatic rings. The molecule has 0 bridgehead atoms. The Morgan fingerprint density at radius 1 is 0.812 bits per heavy atom. The number of hydrogen-bond donors (Lipinski definition) is 0. The molecule has 0 N–H and O–H groups in total. The molecule has 0 aliphatic carbocycles. The molecular weight excluding hydrogens is 273 g/mol. The van der Waals surface area contributed by atoms with Crippen molar-refractivity contribution in [2.24, 2.45) is 0 Å². The van der Waals surface area contributed by atoms with E-state index in [-0.39, 0.29) is 0 Å². The van der Waals surface area contributed by atoms with E-state index in [1.165, 1.54) is 30.1 Å². The normalized spacial score (nSPS) is 16.1. The Labute approximate surface area is 95.4 Å². The number of rotatable bonds is 5. The summed E-state index contributed by atoms with van der Waals surface area (Å²) in [6.45, 7) is 6.89. The predicted octanol–water partition coefficient (Wildman–Crippen LogP) is 5.83. The number of hydrogen-bond acceptors (Lipinski definition) is 0. The van der Waals surface area contributed by atoms with Crippen LogP contribution in [0.3, 0.4) is 0 Å². The average Bonchev–Trinajstić information content (AvgIpc) is 2.01. The fourth-order valence-corrected chi connectivity index (χ4v) is 2.52. The van der Waals surface area contributed by atoms with Crippen LogP contribution in [0.15, 0.2) is 0 Å². The second-order valence-electron chi connectivity index (χ2n) is 3.21. The molecule has 0 aromatic heterocycles. The van der Waals surface area contributed by atoms with Crippen molar-refractivity contribution in [1.29, 1.82) is 0 Å². The van der Waals surface area contributed by atoms with Gasteiger partial charge in [-0.3, -0.25) is 0 Å². The van der Waals surface area contributed by atoms with Gasteiger partial charge in [0.1, 0.15) is 17.3 Å². The molecule has 0 atom stereocenters. The van der Waals surface area contributed by atoms with Crippen molar-refractivity contribution < 1.29 is 25.2 Å². The van der Waals surface area contributed by atoms with Crippen LogP contribution in [0.5, 0.6) is 0 Å². The molecule has 0 saturated heterocycles. The monoisotopic (exact) mass is 292 g/mol. The molecule has 0 nitrogen and oxygen atoms in total. The van der Waals surface area contributed by atoms with Gasteiger partial charge in [0.05, 0.1) is 0 Å². The average molecular weight is 292 g/mol. The summed E-state index contributed by atoms with van der Waals surface area (Å²) in [5.41, 5.74) is 0. The van der Waals surface area contributed by atoms with Crippen LogP contribution >= 0.6 is 7.81 Å². The molecule has 0 heterocycles. The molecule has 104 valence electrons. The molecular formula is C8H19F6PS. The summed E-state index contributed by atoms with van der Waals surface area (Å²) in [6.07, 6.45) is 2.80. The van der Waals surface area contributed by atoms with Crippen LogP contribution in [0.1, 0.15) is 33.6 Å². The standard InChI is InChI=1S/C8H19S.F6P/c1-4-7-8-9(5-2)6-3;1-7(2,3,4,5)6/h4-8H2,1-3H3;/q+1;-1. The number of halogens is 6. The van der Waals surface area contributed by atoms with E-state index in [9.17, 15) is 25.2 Å². The van der Waals surface area contributed by atoms with Crippen LogP contribution in [-0.4, -0.2) is 17.3 Å². The van der Waals surface area contributed by atoms with Crippen molar-refractivity contribution in [2.75, 3.05) is 17.3 Å². The van der Waals surface area contributed by atoms with Crippen molar-refractivity contribution in [1.82, 2.24) is 0 Å². The van der Waals surface area contributed by atoms with Crippen molar-refractivity contribution in [2.45, 2.75) is 33.6 Å². The summed E-state index contributed by atoms with van der Waals surface area (Å²) in [7, 11) is -9.90. The van der Waals surface area contributed by atoms with Gasteiger partial charge >= 0.3 is 33.0 Å². The van der Waals surface area contributed by atoms with E-state index in [4.69, 9.17) is 0 Å². The van der Waals surface area contributed by atoms with Crippen LogP contribution in [0.25, 0.3) is 0 Å². The molecule has 0 aliphatic heterocycles. The Hall–Kier alpha value is 0.360. The van der Waals surface area contributed by atoms with E-state index in [1.54, 1.807) is 0 Å². The van der Waals surface area contributed by atoms with Crippen molar-refractivity contribution in [3.63, 3.8) is 0 Å². The fourth-order valence-electron chi connectivity index (χ4n) is 0.841. The van der Waals surface area contributed by atoms with Crippen LogP contribution in [0.2, 0.25) is 0 Å². The summed E-state index contributed by atoms with van der Waals surface area (Å²) >= 11 is 0. The summed E-state index contributed by atoms with van der Waals surface area (Å²) in [6, 6.07) is 0. The third-order valence-electron chi connectivity index (χ3n) is 1.60. The zero-order chi connectivity index (χ0) is 13.5. The van der Waals surface area contributed by atoms with Crippen LogP contribution in [0.4, 0.5) is 25.2 Å². The summed E-state index contributed by atoms with van der Waals surface area (Å²) in [4.78, 5) is 0. The van der Waals surface area contributed by atoms with E-state index in [0.717, 1.165) is 10.9 Å². The first-order valence-corrected chi connectivity index (χ1v) is 8.76. The van der Waals surface area contributed by atoms with Gasteiger partial charge in [0.2, 0.25) is 0 Å². The Bertz CT molecular complexity index is 170. The second-order valence-corrected chi connectivity index (χ2v) is 7.91. The first-order valence-electron chi connectivity index (χ1n) is 5.00. The van der Waals surface area contributed by atoms with Crippen LogP contribution < -0.4 is 0 Å².